The van der Waals surface area contributed by atoms with Crippen molar-refractivity contribution in [1.82, 2.24) is 20.1 Å². The predicted molar refractivity (Wildman–Crippen MR) is 89.3 cm³/mol. The third kappa shape index (κ3) is 3.91. The highest BCUT2D eigenvalue weighted by atomic mass is 32.2. The highest BCUT2D eigenvalue weighted by Gasteiger charge is 2.23. The van der Waals surface area contributed by atoms with Crippen LogP contribution in [-0.2, 0) is 11.3 Å². The van der Waals surface area contributed by atoms with Gasteiger partial charge in [-0.2, -0.15) is 0 Å². The Morgan fingerprint density at radius 2 is 2.18 bits per heavy atom. The number of hydrogen-bond acceptors (Lipinski definition) is 5. The molecule has 2 fully saturated rings. The van der Waals surface area contributed by atoms with Gasteiger partial charge in [0.1, 0.15) is 5.82 Å². The maximum Gasteiger partial charge on any atom is 0.191 e. The lowest BCUT2D eigenvalue weighted by atomic mass is 9.97. The van der Waals surface area contributed by atoms with E-state index in [1.165, 1.54) is 12.8 Å². The molecule has 1 N–H and O–H groups in total. The van der Waals surface area contributed by atoms with Gasteiger partial charge in [-0.15, -0.1) is 16.8 Å². The highest BCUT2D eigenvalue weighted by molar-refractivity contribution is 7.99. The highest BCUT2D eigenvalue weighted by Crippen LogP contribution is 2.29. The van der Waals surface area contributed by atoms with Crippen molar-refractivity contribution >= 4 is 11.8 Å². The molecule has 0 aliphatic carbocycles. The van der Waals surface area contributed by atoms with Gasteiger partial charge in [0.15, 0.2) is 5.16 Å². The zero-order valence-corrected chi connectivity index (χ0v) is 14.0. The van der Waals surface area contributed by atoms with E-state index in [2.05, 4.69) is 26.7 Å². The number of thioether (sulfide) groups is 1. The van der Waals surface area contributed by atoms with Crippen LogP contribution >= 0.6 is 11.8 Å². The summed E-state index contributed by atoms with van der Waals surface area (Å²) in [5.41, 5.74) is 0. The normalized spacial score (nSPS) is 23.5. The fraction of sp³-hybridized carbons (Fsp3) is 0.750. The zero-order chi connectivity index (χ0) is 15.2. The van der Waals surface area contributed by atoms with Gasteiger partial charge in [-0.05, 0) is 44.7 Å². The van der Waals surface area contributed by atoms with E-state index in [-0.39, 0.29) is 0 Å². The maximum absolute atomic E-state index is 5.57. The molecule has 2 aliphatic heterocycles. The first-order valence-corrected chi connectivity index (χ1v) is 9.32. The van der Waals surface area contributed by atoms with Crippen LogP contribution in [0.4, 0.5) is 0 Å². The standard InChI is InChI=1S/C16H26N4OS/c1-2-9-20-15(14-5-7-17-8-6-14)18-19-16(20)22-12-13-4-3-10-21-11-13/h2,13-14,17H,1,3-12H2/t13-/m0/s1. The van der Waals surface area contributed by atoms with Gasteiger partial charge in [-0.25, -0.2) is 0 Å². The summed E-state index contributed by atoms with van der Waals surface area (Å²) in [5, 5.41) is 13.4. The minimum atomic E-state index is 0.529. The molecule has 0 aromatic carbocycles. The van der Waals surface area contributed by atoms with E-state index in [4.69, 9.17) is 4.74 Å². The maximum atomic E-state index is 5.57. The van der Waals surface area contributed by atoms with Crippen molar-refractivity contribution in [1.29, 1.82) is 0 Å². The number of ether oxygens (including phenoxy) is 1. The molecule has 2 saturated heterocycles. The smallest absolute Gasteiger partial charge is 0.191 e. The van der Waals surface area contributed by atoms with Crippen LogP contribution in [0.5, 0.6) is 0 Å². The Balaban J connectivity index is 1.67. The van der Waals surface area contributed by atoms with Crippen LogP contribution in [0.1, 0.15) is 37.4 Å². The molecule has 0 radical (unpaired) electrons. The molecule has 1 aromatic heterocycles. The van der Waals surface area contributed by atoms with E-state index in [1.54, 1.807) is 0 Å². The molecule has 0 bridgehead atoms. The van der Waals surface area contributed by atoms with Crippen LogP contribution in [0.25, 0.3) is 0 Å². The van der Waals surface area contributed by atoms with Crippen molar-refractivity contribution in [3.63, 3.8) is 0 Å². The van der Waals surface area contributed by atoms with Crippen molar-refractivity contribution in [3.8, 4) is 0 Å². The summed E-state index contributed by atoms with van der Waals surface area (Å²) in [4.78, 5) is 0. The van der Waals surface area contributed by atoms with Crippen LogP contribution in [0, 0.1) is 5.92 Å². The van der Waals surface area contributed by atoms with E-state index in [0.717, 1.165) is 62.4 Å². The number of hydrogen-bond donors (Lipinski definition) is 1. The number of rotatable bonds is 6. The first-order chi connectivity index (χ1) is 10.9. The average molecular weight is 322 g/mol. The van der Waals surface area contributed by atoms with Gasteiger partial charge in [0.25, 0.3) is 0 Å². The molecule has 0 spiro atoms. The SMILES string of the molecule is C=CCn1c(SC[C@H]2CCCOC2)nnc1C1CCNCC1. The molecule has 1 atom stereocenters. The molecular weight excluding hydrogens is 296 g/mol. The largest absolute Gasteiger partial charge is 0.381 e. The number of aromatic nitrogens is 3. The van der Waals surface area contributed by atoms with E-state index in [9.17, 15) is 0 Å². The summed E-state index contributed by atoms with van der Waals surface area (Å²) in [7, 11) is 0. The van der Waals surface area contributed by atoms with Gasteiger partial charge in [-0.1, -0.05) is 17.8 Å². The summed E-state index contributed by atoms with van der Waals surface area (Å²) >= 11 is 1.82. The lowest BCUT2D eigenvalue weighted by Crippen LogP contribution is -2.28. The lowest BCUT2D eigenvalue weighted by Gasteiger charge is -2.23. The van der Waals surface area contributed by atoms with Gasteiger partial charge in [0, 0.05) is 24.8 Å². The minimum Gasteiger partial charge on any atom is -0.381 e. The number of piperidine rings is 1. The van der Waals surface area contributed by atoms with Crippen molar-refractivity contribution in [2.45, 2.75) is 43.3 Å². The van der Waals surface area contributed by atoms with Crippen molar-refractivity contribution in [2.75, 3.05) is 32.1 Å². The van der Waals surface area contributed by atoms with Crippen LogP contribution in [0.2, 0.25) is 0 Å². The second-order valence-electron chi connectivity index (χ2n) is 6.16. The van der Waals surface area contributed by atoms with Gasteiger partial charge < -0.3 is 14.6 Å². The Morgan fingerprint density at radius 1 is 1.32 bits per heavy atom. The van der Waals surface area contributed by atoms with Crippen molar-refractivity contribution < 1.29 is 4.74 Å². The molecule has 3 heterocycles. The van der Waals surface area contributed by atoms with Crippen LogP contribution < -0.4 is 5.32 Å². The zero-order valence-electron chi connectivity index (χ0n) is 13.2. The molecule has 0 saturated carbocycles. The monoisotopic (exact) mass is 322 g/mol. The Morgan fingerprint density at radius 3 is 2.91 bits per heavy atom. The number of nitrogens with zero attached hydrogens (tertiary/aromatic N) is 3. The molecule has 0 unspecified atom stereocenters. The van der Waals surface area contributed by atoms with Gasteiger partial charge in [-0.3, -0.25) is 0 Å². The Labute approximate surface area is 136 Å². The third-order valence-corrected chi connectivity index (χ3v) is 5.66. The molecule has 5 nitrogen and oxygen atoms in total. The van der Waals surface area contributed by atoms with E-state index >= 15 is 0 Å². The van der Waals surface area contributed by atoms with Crippen LogP contribution in [-0.4, -0.2) is 46.8 Å². The fourth-order valence-electron chi connectivity index (χ4n) is 3.22. The summed E-state index contributed by atoms with van der Waals surface area (Å²) in [6.45, 7) is 8.67. The summed E-state index contributed by atoms with van der Waals surface area (Å²) in [6.07, 6.45) is 6.70. The Bertz CT molecular complexity index is 478. The van der Waals surface area contributed by atoms with Gasteiger partial charge in [0.05, 0.1) is 6.61 Å². The number of allylic oxidation sites excluding steroid dienone is 1. The summed E-state index contributed by atoms with van der Waals surface area (Å²) < 4.78 is 7.83. The molecule has 6 heteroatoms. The van der Waals surface area contributed by atoms with Gasteiger partial charge >= 0.3 is 0 Å². The van der Waals surface area contributed by atoms with Gasteiger partial charge in [0.2, 0.25) is 0 Å². The number of nitrogens with one attached hydrogen (secondary N) is 1. The average Bonchev–Trinajstić information content (AvgIpc) is 2.98. The van der Waals surface area contributed by atoms with Crippen LogP contribution in [0.15, 0.2) is 17.8 Å². The molecule has 0 amide bonds. The molecular formula is C16H26N4OS. The Hall–Kier alpha value is -0.850. The van der Waals surface area contributed by atoms with E-state index in [0.29, 0.717) is 11.8 Å². The molecule has 122 valence electrons. The second-order valence-corrected chi connectivity index (χ2v) is 7.15. The predicted octanol–water partition coefficient (Wildman–Crippen LogP) is 2.45. The van der Waals surface area contributed by atoms with E-state index in [1.807, 2.05) is 17.8 Å². The first kappa shape index (κ1) is 16.0. The lowest BCUT2D eigenvalue weighted by molar-refractivity contribution is 0.0632. The molecule has 22 heavy (non-hydrogen) atoms. The minimum absolute atomic E-state index is 0.529. The quantitative estimate of drug-likeness (QED) is 0.644. The summed E-state index contributed by atoms with van der Waals surface area (Å²) in [5.74, 6) is 3.39. The van der Waals surface area contributed by atoms with E-state index < -0.39 is 0 Å². The topological polar surface area (TPSA) is 52.0 Å². The van der Waals surface area contributed by atoms with Crippen molar-refractivity contribution in [2.24, 2.45) is 5.92 Å². The molecule has 2 aliphatic rings. The fourth-order valence-corrected chi connectivity index (χ4v) is 4.29. The second kappa shape index (κ2) is 8.13. The van der Waals surface area contributed by atoms with Crippen molar-refractivity contribution in [3.05, 3.63) is 18.5 Å². The first-order valence-electron chi connectivity index (χ1n) is 8.33. The molecule has 1 aromatic rings. The third-order valence-electron chi connectivity index (χ3n) is 4.46. The summed E-state index contributed by atoms with van der Waals surface area (Å²) in [6, 6.07) is 0. The Kier molecular flexibility index (Phi) is 5.92. The molecule has 3 rings (SSSR count). The van der Waals surface area contributed by atoms with Crippen LogP contribution in [0.3, 0.4) is 0 Å².